The fraction of sp³-hybridized carbons (Fsp3) is 0.214. The highest BCUT2D eigenvalue weighted by molar-refractivity contribution is 6.31. The maximum Gasteiger partial charge on any atom is 0.214 e. The number of carbonyl (C=O) groups excluding carboxylic acids is 1. The monoisotopic (exact) mass is 522 g/mol. The van der Waals surface area contributed by atoms with Gasteiger partial charge in [-0.3, -0.25) is 4.79 Å². The van der Waals surface area contributed by atoms with E-state index in [2.05, 4.69) is 4.98 Å². The zero-order valence-corrected chi connectivity index (χ0v) is 21.1. The summed E-state index contributed by atoms with van der Waals surface area (Å²) in [7, 11) is 0. The van der Waals surface area contributed by atoms with Gasteiger partial charge in [-0.25, -0.2) is 4.98 Å². The van der Waals surface area contributed by atoms with Crippen LogP contribution in [0.2, 0.25) is 10.0 Å². The lowest BCUT2D eigenvalue weighted by atomic mass is 9.98. The summed E-state index contributed by atoms with van der Waals surface area (Å²) < 4.78 is 21.0. The van der Waals surface area contributed by atoms with Crippen molar-refractivity contribution < 1.29 is 19.0 Å². The van der Waals surface area contributed by atoms with Gasteiger partial charge in [0.15, 0.2) is 6.29 Å². The first kappa shape index (κ1) is 24.5. The molecule has 4 aromatic rings. The maximum atomic E-state index is 11.7. The number of imidazole rings is 1. The van der Waals surface area contributed by atoms with Gasteiger partial charge in [0.25, 0.3) is 0 Å². The Bertz CT molecular complexity index is 1360. The van der Waals surface area contributed by atoms with Gasteiger partial charge in [-0.1, -0.05) is 59.6 Å². The van der Waals surface area contributed by atoms with Gasteiger partial charge in [-0.05, 0) is 42.3 Å². The molecule has 1 aromatic heterocycles. The summed E-state index contributed by atoms with van der Waals surface area (Å²) in [6.45, 7) is 2.92. The van der Waals surface area contributed by atoms with Crippen molar-refractivity contribution in [3.8, 4) is 16.9 Å². The first-order valence-corrected chi connectivity index (χ1v) is 12.2. The number of halogens is 2. The predicted molar refractivity (Wildman–Crippen MR) is 139 cm³/mol. The molecule has 2 heterocycles. The van der Waals surface area contributed by atoms with Crippen molar-refractivity contribution in [2.24, 2.45) is 0 Å². The quantitative estimate of drug-likeness (QED) is 0.253. The molecule has 3 aromatic carbocycles. The van der Waals surface area contributed by atoms with Crippen LogP contribution in [0.5, 0.6) is 5.75 Å². The third kappa shape index (κ3) is 5.04. The minimum absolute atomic E-state index is 0.247. The van der Waals surface area contributed by atoms with Crippen LogP contribution in [0.1, 0.15) is 21.5 Å². The Hall–Kier alpha value is -3.16. The van der Waals surface area contributed by atoms with Crippen molar-refractivity contribution in [1.82, 2.24) is 9.55 Å². The molecule has 0 amide bonds. The number of nitrogens with zero attached hydrogens (tertiary/aromatic N) is 2. The fourth-order valence-electron chi connectivity index (χ4n) is 4.31. The fourth-order valence-corrected chi connectivity index (χ4v) is 4.60. The Morgan fingerprint density at radius 2 is 1.94 bits per heavy atom. The number of aldehydes is 1. The Balaban J connectivity index is 1.40. The van der Waals surface area contributed by atoms with Crippen LogP contribution in [-0.4, -0.2) is 35.2 Å². The Labute approximate surface area is 219 Å². The zero-order chi connectivity index (χ0) is 25.1. The van der Waals surface area contributed by atoms with E-state index in [0.717, 1.165) is 28.5 Å². The SMILES string of the molecule is Cc1cc(OCC2COC(Cn3ccnc3)(c3ccc(Cl)cc3)O2)c(-c2ccccc2C=O)cc1Cl. The van der Waals surface area contributed by atoms with Gasteiger partial charge in [0.2, 0.25) is 5.79 Å². The summed E-state index contributed by atoms with van der Waals surface area (Å²) in [6.07, 6.45) is 5.79. The van der Waals surface area contributed by atoms with Crippen molar-refractivity contribution in [2.75, 3.05) is 13.2 Å². The molecule has 1 fully saturated rings. The molecular formula is C28H24Cl2N2O4. The summed E-state index contributed by atoms with van der Waals surface area (Å²) in [6, 6.07) is 18.5. The van der Waals surface area contributed by atoms with Crippen LogP contribution < -0.4 is 4.74 Å². The third-order valence-electron chi connectivity index (χ3n) is 6.16. The second-order valence-electron chi connectivity index (χ2n) is 8.66. The number of hydrogen-bond acceptors (Lipinski definition) is 5. The first-order valence-electron chi connectivity index (χ1n) is 11.5. The van der Waals surface area contributed by atoms with Gasteiger partial charge in [-0.2, -0.15) is 0 Å². The average Bonchev–Trinajstić information content (AvgIpc) is 3.55. The molecule has 0 N–H and O–H groups in total. The van der Waals surface area contributed by atoms with Gasteiger partial charge in [0.1, 0.15) is 18.5 Å². The van der Waals surface area contributed by atoms with Crippen molar-refractivity contribution >= 4 is 29.5 Å². The van der Waals surface area contributed by atoms with Crippen LogP contribution in [0, 0.1) is 6.92 Å². The van der Waals surface area contributed by atoms with E-state index < -0.39 is 5.79 Å². The molecule has 0 radical (unpaired) electrons. The number of aryl methyl sites for hydroxylation is 1. The van der Waals surface area contributed by atoms with Crippen LogP contribution in [0.15, 0.2) is 79.4 Å². The summed E-state index contributed by atoms with van der Waals surface area (Å²) in [5.41, 5.74) is 3.78. The summed E-state index contributed by atoms with van der Waals surface area (Å²) in [5.74, 6) is -0.393. The number of carbonyl (C=O) groups is 1. The van der Waals surface area contributed by atoms with E-state index in [1.807, 2.05) is 72.3 Å². The molecule has 1 saturated heterocycles. The van der Waals surface area contributed by atoms with Crippen LogP contribution in [0.3, 0.4) is 0 Å². The summed E-state index contributed by atoms with van der Waals surface area (Å²) >= 11 is 12.6. The Morgan fingerprint density at radius 1 is 1.14 bits per heavy atom. The summed E-state index contributed by atoms with van der Waals surface area (Å²) in [5, 5.41) is 1.23. The number of hydrogen-bond donors (Lipinski definition) is 0. The van der Waals surface area contributed by atoms with E-state index in [1.165, 1.54) is 0 Å². The van der Waals surface area contributed by atoms with E-state index in [-0.39, 0.29) is 12.7 Å². The highest BCUT2D eigenvalue weighted by Gasteiger charge is 2.44. The first-order chi connectivity index (χ1) is 17.5. The van der Waals surface area contributed by atoms with Gasteiger partial charge in [0, 0.05) is 39.1 Å². The van der Waals surface area contributed by atoms with Crippen molar-refractivity contribution in [3.05, 3.63) is 106 Å². The molecule has 1 aliphatic heterocycles. The molecule has 5 rings (SSSR count). The minimum atomic E-state index is -1.01. The normalized spacial score (nSPS) is 19.4. The lowest BCUT2D eigenvalue weighted by Gasteiger charge is -2.29. The zero-order valence-electron chi connectivity index (χ0n) is 19.6. The lowest BCUT2D eigenvalue weighted by Crippen LogP contribution is -2.34. The maximum absolute atomic E-state index is 11.7. The Kier molecular flexibility index (Phi) is 7.12. The molecule has 0 spiro atoms. The van der Waals surface area contributed by atoms with Gasteiger partial charge < -0.3 is 18.8 Å². The second-order valence-corrected chi connectivity index (χ2v) is 9.50. The van der Waals surface area contributed by atoms with Crippen LogP contribution in [0.4, 0.5) is 0 Å². The topological polar surface area (TPSA) is 62.6 Å². The molecule has 0 saturated carbocycles. The molecule has 0 bridgehead atoms. The number of benzene rings is 3. The molecule has 2 unspecified atom stereocenters. The van der Waals surface area contributed by atoms with Crippen LogP contribution in [0.25, 0.3) is 11.1 Å². The molecule has 1 aliphatic rings. The van der Waals surface area contributed by atoms with Gasteiger partial charge in [0.05, 0.1) is 19.5 Å². The highest BCUT2D eigenvalue weighted by Crippen LogP contribution is 2.39. The Morgan fingerprint density at radius 3 is 2.69 bits per heavy atom. The standard InChI is InChI=1S/C28H24Cl2N2O4/c1-19-12-27(25(13-26(19)30)24-5-3-2-4-20(24)14-33)34-15-23-16-35-28(36-23,17-32-11-10-31-18-32)21-6-8-22(29)9-7-21/h2-14,18,23H,15-17H2,1H3. The van der Waals surface area contributed by atoms with Crippen molar-refractivity contribution in [1.29, 1.82) is 0 Å². The average molecular weight is 523 g/mol. The molecule has 6 nitrogen and oxygen atoms in total. The number of aromatic nitrogens is 2. The smallest absolute Gasteiger partial charge is 0.214 e. The van der Waals surface area contributed by atoms with E-state index >= 15 is 0 Å². The van der Waals surface area contributed by atoms with Crippen LogP contribution in [-0.2, 0) is 21.8 Å². The molecule has 36 heavy (non-hydrogen) atoms. The van der Waals surface area contributed by atoms with Gasteiger partial charge >= 0.3 is 0 Å². The molecular weight excluding hydrogens is 499 g/mol. The summed E-state index contributed by atoms with van der Waals surface area (Å²) in [4.78, 5) is 15.8. The van der Waals surface area contributed by atoms with Crippen LogP contribution >= 0.6 is 23.2 Å². The largest absolute Gasteiger partial charge is 0.490 e. The molecule has 8 heteroatoms. The number of ether oxygens (including phenoxy) is 3. The van der Waals surface area contributed by atoms with Gasteiger partial charge in [-0.15, -0.1) is 0 Å². The highest BCUT2D eigenvalue weighted by atomic mass is 35.5. The number of rotatable bonds is 8. The van der Waals surface area contributed by atoms with E-state index in [1.54, 1.807) is 18.6 Å². The third-order valence-corrected chi connectivity index (χ3v) is 6.82. The lowest BCUT2D eigenvalue weighted by molar-refractivity contribution is -0.189. The second kappa shape index (κ2) is 10.4. The molecule has 184 valence electrons. The molecule has 0 aliphatic carbocycles. The van der Waals surface area contributed by atoms with E-state index in [0.29, 0.717) is 34.5 Å². The van der Waals surface area contributed by atoms with Crippen molar-refractivity contribution in [3.63, 3.8) is 0 Å². The van der Waals surface area contributed by atoms with E-state index in [9.17, 15) is 4.79 Å². The minimum Gasteiger partial charge on any atom is -0.490 e. The molecule has 2 atom stereocenters. The van der Waals surface area contributed by atoms with Crippen molar-refractivity contribution in [2.45, 2.75) is 25.4 Å². The predicted octanol–water partition coefficient (Wildman–Crippen LogP) is 6.33. The van der Waals surface area contributed by atoms with E-state index in [4.69, 9.17) is 37.4 Å².